The van der Waals surface area contributed by atoms with Gasteiger partial charge in [0.2, 0.25) is 0 Å². The van der Waals surface area contributed by atoms with Crippen LogP contribution in [0.15, 0.2) is 22.7 Å². The molecule has 116 valence electrons. The van der Waals surface area contributed by atoms with Gasteiger partial charge in [-0.3, -0.25) is 9.69 Å². The summed E-state index contributed by atoms with van der Waals surface area (Å²) in [5.41, 5.74) is 0.572. The maximum Gasteiger partial charge on any atom is 0.308 e. The van der Waals surface area contributed by atoms with Gasteiger partial charge in [-0.15, -0.1) is 0 Å². The van der Waals surface area contributed by atoms with Gasteiger partial charge in [0.1, 0.15) is 0 Å². The summed E-state index contributed by atoms with van der Waals surface area (Å²) < 4.78 is 6.11. The molecule has 0 spiro atoms. The van der Waals surface area contributed by atoms with Crippen molar-refractivity contribution in [3.05, 3.63) is 33.3 Å². The van der Waals surface area contributed by atoms with E-state index < -0.39 is 5.54 Å². The number of rotatable bonds is 5. The Hall–Kier alpha value is -0.580. The summed E-state index contributed by atoms with van der Waals surface area (Å²) in [6.07, 6.45) is 2.64. The summed E-state index contributed by atoms with van der Waals surface area (Å²) in [5.74, 6) is -0.175. The molecule has 1 saturated heterocycles. The predicted octanol–water partition coefficient (Wildman–Crippen LogP) is 4.37. The molecule has 1 aromatic rings. The van der Waals surface area contributed by atoms with E-state index in [0.717, 1.165) is 36.0 Å². The SMILES string of the molecule is CCOC(=O)CC(C)(c1ccc(Br)cc1Cl)N1CCCC1. The van der Waals surface area contributed by atoms with Crippen LogP contribution in [0.5, 0.6) is 0 Å². The number of carbonyl (C=O) groups is 1. The molecule has 0 radical (unpaired) electrons. The molecule has 0 N–H and O–H groups in total. The zero-order chi connectivity index (χ0) is 15.5. The van der Waals surface area contributed by atoms with Crippen LogP contribution in [0, 0.1) is 0 Å². The van der Waals surface area contributed by atoms with Crippen molar-refractivity contribution < 1.29 is 9.53 Å². The number of likely N-dealkylation sites (tertiary alicyclic amines) is 1. The third-order valence-electron chi connectivity index (χ3n) is 4.11. The molecule has 2 rings (SSSR count). The minimum Gasteiger partial charge on any atom is -0.466 e. The first-order valence-corrected chi connectivity index (χ1v) is 8.50. The van der Waals surface area contributed by atoms with E-state index in [1.165, 1.54) is 0 Å². The largest absolute Gasteiger partial charge is 0.466 e. The lowest BCUT2D eigenvalue weighted by Gasteiger charge is -2.39. The molecule has 1 aliphatic heterocycles. The Bertz CT molecular complexity index is 517. The number of hydrogen-bond acceptors (Lipinski definition) is 3. The lowest BCUT2D eigenvalue weighted by atomic mass is 9.86. The summed E-state index contributed by atoms with van der Waals surface area (Å²) in [6.45, 7) is 6.30. The van der Waals surface area contributed by atoms with Crippen LogP contribution in [0.4, 0.5) is 0 Å². The molecule has 0 bridgehead atoms. The van der Waals surface area contributed by atoms with E-state index in [4.69, 9.17) is 16.3 Å². The van der Waals surface area contributed by atoms with Crippen molar-refractivity contribution in [2.45, 2.75) is 38.6 Å². The maximum atomic E-state index is 12.1. The van der Waals surface area contributed by atoms with E-state index in [9.17, 15) is 4.79 Å². The fourth-order valence-electron chi connectivity index (χ4n) is 3.01. The minimum atomic E-state index is -0.416. The molecule has 21 heavy (non-hydrogen) atoms. The van der Waals surface area contributed by atoms with Crippen molar-refractivity contribution in [1.29, 1.82) is 0 Å². The van der Waals surface area contributed by atoms with Crippen LogP contribution in [-0.2, 0) is 15.1 Å². The number of esters is 1. The topological polar surface area (TPSA) is 29.5 Å². The fourth-order valence-corrected chi connectivity index (χ4v) is 3.88. The Morgan fingerprint density at radius 3 is 2.67 bits per heavy atom. The van der Waals surface area contributed by atoms with Gasteiger partial charge in [-0.25, -0.2) is 0 Å². The second-order valence-electron chi connectivity index (χ2n) is 5.57. The van der Waals surface area contributed by atoms with Crippen LogP contribution in [0.1, 0.15) is 38.7 Å². The second kappa shape index (κ2) is 7.12. The summed E-state index contributed by atoms with van der Waals surface area (Å²) in [6, 6.07) is 5.86. The number of ether oxygens (including phenoxy) is 1. The lowest BCUT2D eigenvalue weighted by Crippen LogP contribution is -2.44. The predicted molar refractivity (Wildman–Crippen MR) is 88.6 cm³/mol. The highest BCUT2D eigenvalue weighted by Crippen LogP contribution is 2.39. The average Bonchev–Trinajstić information content (AvgIpc) is 2.92. The summed E-state index contributed by atoms with van der Waals surface area (Å²) in [5, 5.41) is 0.683. The van der Waals surface area contributed by atoms with Crippen molar-refractivity contribution in [3.63, 3.8) is 0 Å². The Morgan fingerprint density at radius 1 is 1.43 bits per heavy atom. The molecule has 5 heteroatoms. The molecule has 1 atom stereocenters. The smallest absolute Gasteiger partial charge is 0.308 e. The van der Waals surface area contributed by atoms with E-state index in [0.29, 0.717) is 18.1 Å². The zero-order valence-electron chi connectivity index (χ0n) is 12.5. The van der Waals surface area contributed by atoms with Gasteiger partial charge in [0, 0.05) is 9.50 Å². The van der Waals surface area contributed by atoms with E-state index >= 15 is 0 Å². The lowest BCUT2D eigenvalue weighted by molar-refractivity contribution is -0.146. The van der Waals surface area contributed by atoms with Gasteiger partial charge in [-0.2, -0.15) is 0 Å². The van der Waals surface area contributed by atoms with Gasteiger partial charge in [0.05, 0.1) is 18.6 Å². The van der Waals surface area contributed by atoms with E-state index in [2.05, 4.69) is 27.8 Å². The highest BCUT2D eigenvalue weighted by atomic mass is 79.9. The van der Waals surface area contributed by atoms with Crippen LogP contribution >= 0.6 is 27.5 Å². The normalized spacial score (nSPS) is 18.5. The van der Waals surface area contributed by atoms with E-state index in [1.54, 1.807) is 0 Å². The molecular formula is C16H21BrClNO2. The maximum absolute atomic E-state index is 12.1. The Balaban J connectivity index is 2.36. The molecule has 1 heterocycles. The minimum absolute atomic E-state index is 0.175. The number of hydrogen-bond donors (Lipinski definition) is 0. The quantitative estimate of drug-likeness (QED) is 0.717. The van der Waals surface area contributed by atoms with Crippen molar-refractivity contribution in [3.8, 4) is 0 Å². The molecule has 1 aliphatic rings. The molecule has 3 nitrogen and oxygen atoms in total. The Kier molecular flexibility index (Phi) is 5.69. The van der Waals surface area contributed by atoms with Gasteiger partial charge in [-0.1, -0.05) is 33.6 Å². The third kappa shape index (κ3) is 3.79. The van der Waals surface area contributed by atoms with Gasteiger partial charge < -0.3 is 4.74 Å². The first-order chi connectivity index (χ1) is 9.97. The molecular weight excluding hydrogens is 354 g/mol. The van der Waals surface area contributed by atoms with Gasteiger partial charge >= 0.3 is 5.97 Å². The van der Waals surface area contributed by atoms with Crippen molar-refractivity contribution >= 4 is 33.5 Å². The van der Waals surface area contributed by atoms with Crippen molar-refractivity contribution in [1.82, 2.24) is 4.90 Å². The number of halogens is 2. The van der Waals surface area contributed by atoms with Crippen LogP contribution < -0.4 is 0 Å². The summed E-state index contributed by atoms with van der Waals surface area (Å²) in [7, 11) is 0. The molecule has 0 aliphatic carbocycles. The average molecular weight is 375 g/mol. The number of benzene rings is 1. The number of nitrogens with zero attached hydrogens (tertiary/aromatic N) is 1. The molecule has 1 unspecified atom stereocenters. The van der Waals surface area contributed by atoms with Crippen LogP contribution in [0.3, 0.4) is 0 Å². The highest BCUT2D eigenvalue weighted by Gasteiger charge is 2.39. The molecule has 1 fully saturated rings. The van der Waals surface area contributed by atoms with Crippen molar-refractivity contribution in [2.24, 2.45) is 0 Å². The first kappa shape index (κ1) is 16.8. The van der Waals surface area contributed by atoms with Crippen LogP contribution in [0.2, 0.25) is 5.02 Å². The van der Waals surface area contributed by atoms with Gasteiger partial charge in [0.15, 0.2) is 0 Å². The summed E-state index contributed by atoms with van der Waals surface area (Å²) in [4.78, 5) is 14.4. The van der Waals surface area contributed by atoms with Gasteiger partial charge in [0.25, 0.3) is 0 Å². The zero-order valence-corrected chi connectivity index (χ0v) is 14.8. The summed E-state index contributed by atoms with van der Waals surface area (Å²) >= 11 is 9.88. The molecule has 1 aromatic carbocycles. The van der Waals surface area contributed by atoms with E-state index in [-0.39, 0.29) is 5.97 Å². The van der Waals surface area contributed by atoms with E-state index in [1.807, 2.05) is 25.1 Å². The van der Waals surface area contributed by atoms with Crippen LogP contribution in [-0.4, -0.2) is 30.6 Å². The first-order valence-electron chi connectivity index (χ1n) is 7.33. The Morgan fingerprint density at radius 2 is 2.10 bits per heavy atom. The highest BCUT2D eigenvalue weighted by molar-refractivity contribution is 9.10. The monoisotopic (exact) mass is 373 g/mol. The third-order valence-corrected chi connectivity index (χ3v) is 4.92. The number of carbonyl (C=O) groups excluding carboxylic acids is 1. The van der Waals surface area contributed by atoms with Gasteiger partial charge in [-0.05, 0) is 57.5 Å². The molecule has 0 saturated carbocycles. The fraction of sp³-hybridized carbons (Fsp3) is 0.562. The van der Waals surface area contributed by atoms with Crippen LogP contribution in [0.25, 0.3) is 0 Å². The second-order valence-corrected chi connectivity index (χ2v) is 6.90. The Labute approximate surface area is 139 Å². The molecule has 0 aromatic heterocycles. The molecule has 0 amide bonds. The van der Waals surface area contributed by atoms with Crippen molar-refractivity contribution in [2.75, 3.05) is 19.7 Å². The standard InChI is InChI=1S/C16H21BrClNO2/c1-3-21-15(20)11-16(2,19-8-4-5-9-19)13-7-6-12(17)10-14(13)18/h6-7,10H,3-5,8-9,11H2,1-2H3.